The molecule has 1 rings (SSSR count). The molecule has 0 fully saturated rings. The van der Waals surface area contributed by atoms with Crippen molar-refractivity contribution >= 4 is 17.6 Å². The fourth-order valence-corrected chi connectivity index (χ4v) is 1.47. The Bertz CT molecular complexity index is 486. The van der Waals surface area contributed by atoms with Gasteiger partial charge >= 0.3 is 5.97 Å². The molecular formula is C13H18N2O4. The molecule has 1 amide bonds. The van der Waals surface area contributed by atoms with Gasteiger partial charge in [0.2, 0.25) is 5.91 Å². The summed E-state index contributed by atoms with van der Waals surface area (Å²) in [4.78, 5) is 22.7. The van der Waals surface area contributed by atoms with Gasteiger partial charge in [0, 0.05) is 11.8 Å². The van der Waals surface area contributed by atoms with Gasteiger partial charge in [-0.2, -0.15) is 0 Å². The van der Waals surface area contributed by atoms with Gasteiger partial charge < -0.3 is 20.9 Å². The Morgan fingerprint density at radius 2 is 2.00 bits per heavy atom. The molecule has 0 aromatic heterocycles. The van der Waals surface area contributed by atoms with Crippen LogP contribution in [0.3, 0.4) is 0 Å². The maximum Gasteiger partial charge on any atom is 0.339 e. The molecule has 19 heavy (non-hydrogen) atoms. The molecule has 0 aliphatic rings. The summed E-state index contributed by atoms with van der Waals surface area (Å²) in [7, 11) is 1.37. The monoisotopic (exact) mass is 266 g/mol. The second-order valence-electron chi connectivity index (χ2n) is 4.48. The second-order valence-corrected chi connectivity index (χ2v) is 4.48. The third-order valence-corrected chi connectivity index (χ3v) is 2.72. The molecule has 1 atom stereocenters. The highest BCUT2D eigenvalue weighted by atomic mass is 16.5. The lowest BCUT2D eigenvalue weighted by atomic mass is 10.0. The van der Waals surface area contributed by atoms with Gasteiger partial charge in [-0.1, -0.05) is 13.8 Å². The van der Waals surface area contributed by atoms with Gasteiger partial charge in [-0.3, -0.25) is 4.79 Å². The van der Waals surface area contributed by atoms with Crippen molar-refractivity contribution in [1.82, 2.24) is 0 Å². The minimum Gasteiger partial charge on any atom is -0.496 e. The van der Waals surface area contributed by atoms with Gasteiger partial charge in [-0.25, -0.2) is 4.79 Å². The Labute approximate surface area is 111 Å². The van der Waals surface area contributed by atoms with Gasteiger partial charge in [-0.05, 0) is 18.1 Å². The second kappa shape index (κ2) is 6.19. The number of carbonyl (C=O) groups is 2. The molecule has 6 nitrogen and oxygen atoms in total. The molecule has 0 aliphatic heterocycles. The molecule has 4 N–H and O–H groups in total. The molecule has 1 aromatic rings. The lowest BCUT2D eigenvalue weighted by molar-refractivity contribution is -0.118. The first-order chi connectivity index (χ1) is 8.86. The summed E-state index contributed by atoms with van der Waals surface area (Å²) in [5, 5.41) is 11.6. The summed E-state index contributed by atoms with van der Waals surface area (Å²) in [6.07, 6.45) is 0. The number of carbonyl (C=O) groups excluding carboxylic acids is 1. The van der Waals surface area contributed by atoms with E-state index in [9.17, 15) is 9.59 Å². The van der Waals surface area contributed by atoms with Gasteiger partial charge in [0.25, 0.3) is 0 Å². The van der Waals surface area contributed by atoms with Crippen molar-refractivity contribution in [2.24, 2.45) is 11.7 Å². The largest absolute Gasteiger partial charge is 0.496 e. The van der Waals surface area contributed by atoms with Crippen LogP contribution in [0.25, 0.3) is 0 Å². The first-order valence-corrected chi connectivity index (χ1v) is 5.84. The summed E-state index contributed by atoms with van der Waals surface area (Å²) in [5.74, 6) is -1.21. The average Bonchev–Trinajstić information content (AvgIpc) is 2.36. The fraction of sp³-hybridized carbons (Fsp3) is 0.385. The Hall–Kier alpha value is -2.08. The highest BCUT2D eigenvalue weighted by molar-refractivity contribution is 5.96. The third kappa shape index (κ3) is 3.69. The van der Waals surface area contributed by atoms with E-state index in [1.54, 1.807) is 0 Å². The molecule has 0 heterocycles. The van der Waals surface area contributed by atoms with Crippen LogP contribution in [-0.2, 0) is 4.79 Å². The number of benzene rings is 1. The molecule has 1 aromatic carbocycles. The van der Waals surface area contributed by atoms with Crippen molar-refractivity contribution in [1.29, 1.82) is 0 Å². The van der Waals surface area contributed by atoms with Crippen LogP contribution in [0, 0.1) is 5.92 Å². The number of methoxy groups -OCH3 is 1. The first-order valence-electron chi connectivity index (χ1n) is 5.84. The van der Waals surface area contributed by atoms with Crippen molar-refractivity contribution in [3.8, 4) is 5.75 Å². The van der Waals surface area contributed by atoms with E-state index in [0.29, 0.717) is 5.69 Å². The Balaban J connectivity index is 2.92. The van der Waals surface area contributed by atoms with Crippen molar-refractivity contribution in [3.05, 3.63) is 23.8 Å². The van der Waals surface area contributed by atoms with Crippen molar-refractivity contribution in [2.45, 2.75) is 19.9 Å². The average molecular weight is 266 g/mol. The number of rotatable bonds is 5. The highest BCUT2D eigenvalue weighted by Gasteiger charge is 2.18. The van der Waals surface area contributed by atoms with E-state index in [-0.39, 0.29) is 23.1 Å². The summed E-state index contributed by atoms with van der Waals surface area (Å²) < 4.78 is 4.97. The fourth-order valence-electron chi connectivity index (χ4n) is 1.47. The van der Waals surface area contributed by atoms with Gasteiger partial charge in [0.05, 0.1) is 13.2 Å². The standard InChI is InChI=1S/C13H18N2O4/c1-7(2)11(14)12(16)15-8-4-5-9(13(17)18)10(6-8)19-3/h4-7,11H,14H2,1-3H3,(H,15,16)(H,17,18)/t11-/m0/s1. The van der Waals surface area contributed by atoms with E-state index in [0.717, 1.165) is 0 Å². The van der Waals surface area contributed by atoms with E-state index in [1.807, 2.05) is 13.8 Å². The number of hydrogen-bond donors (Lipinski definition) is 3. The molecule has 0 bridgehead atoms. The molecule has 6 heteroatoms. The molecular weight excluding hydrogens is 248 g/mol. The predicted molar refractivity (Wildman–Crippen MR) is 71.4 cm³/mol. The summed E-state index contributed by atoms with van der Waals surface area (Å²) in [6, 6.07) is 3.70. The zero-order valence-electron chi connectivity index (χ0n) is 11.1. The smallest absolute Gasteiger partial charge is 0.339 e. The van der Waals surface area contributed by atoms with Crippen LogP contribution in [0.5, 0.6) is 5.75 Å². The number of anilines is 1. The molecule has 0 aliphatic carbocycles. The molecule has 0 saturated carbocycles. The Morgan fingerprint density at radius 1 is 1.37 bits per heavy atom. The maximum absolute atomic E-state index is 11.8. The summed E-state index contributed by atoms with van der Waals surface area (Å²) in [6.45, 7) is 3.69. The Kier molecular flexibility index (Phi) is 4.88. The van der Waals surface area contributed by atoms with Crippen molar-refractivity contribution in [3.63, 3.8) is 0 Å². The number of nitrogens with two attached hydrogens (primary N) is 1. The molecule has 0 spiro atoms. The van der Waals surface area contributed by atoms with E-state index >= 15 is 0 Å². The Morgan fingerprint density at radius 3 is 2.47 bits per heavy atom. The quantitative estimate of drug-likeness (QED) is 0.746. The minimum atomic E-state index is -1.09. The zero-order valence-corrected chi connectivity index (χ0v) is 11.1. The number of nitrogens with one attached hydrogen (secondary N) is 1. The molecule has 0 saturated heterocycles. The number of hydrogen-bond acceptors (Lipinski definition) is 4. The van der Waals surface area contributed by atoms with Crippen LogP contribution < -0.4 is 15.8 Å². The van der Waals surface area contributed by atoms with Gasteiger partial charge in [-0.15, -0.1) is 0 Å². The van der Waals surface area contributed by atoms with Crippen LogP contribution in [-0.4, -0.2) is 30.1 Å². The van der Waals surface area contributed by atoms with Crippen molar-refractivity contribution < 1.29 is 19.4 Å². The van der Waals surface area contributed by atoms with Crippen molar-refractivity contribution in [2.75, 3.05) is 12.4 Å². The molecule has 0 radical (unpaired) electrons. The SMILES string of the molecule is COc1cc(NC(=O)[C@@H](N)C(C)C)ccc1C(=O)O. The first kappa shape index (κ1) is 15.0. The van der Waals surface area contributed by atoms with E-state index < -0.39 is 12.0 Å². The number of carboxylic acid groups (broad SMARTS) is 1. The molecule has 0 unspecified atom stereocenters. The normalized spacial score (nSPS) is 12.1. The lowest BCUT2D eigenvalue weighted by Gasteiger charge is -2.16. The van der Waals surface area contributed by atoms with Crippen LogP contribution in [0.15, 0.2) is 18.2 Å². The third-order valence-electron chi connectivity index (χ3n) is 2.72. The van der Waals surface area contributed by atoms with E-state index in [4.69, 9.17) is 15.6 Å². The number of carboxylic acids is 1. The molecule has 104 valence electrons. The van der Waals surface area contributed by atoms with Crippen LogP contribution >= 0.6 is 0 Å². The predicted octanol–water partition coefficient (Wildman–Crippen LogP) is 1.32. The van der Waals surface area contributed by atoms with Crippen LogP contribution in [0.1, 0.15) is 24.2 Å². The van der Waals surface area contributed by atoms with Crippen LogP contribution in [0.4, 0.5) is 5.69 Å². The van der Waals surface area contributed by atoms with Gasteiger partial charge in [0.1, 0.15) is 11.3 Å². The minimum absolute atomic E-state index is 0.0141. The number of aromatic carboxylic acids is 1. The van der Waals surface area contributed by atoms with E-state index in [2.05, 4.69) is 5.32 Å². The highest BCUT2D eigenvalue weighted by Crippen LogP contribution is 2.23. The van der Waals surface area contributed by atoms with Crippen LogP contribution in [0.2, 0.25) is 0 Å². The number of ether oxygens (including phenoxy) is 1. The van der Waals surface area contributed by atoms with E-state index in [1.165, 1.54) is 25.3 Å². The summed E-state index contributed by atoms with van der Waals surface area (Å²) >= 11 is 0. The topological polar surface area (TPSA) is 102 Å². The van der Waals surface area contributed by atoms with Gasteiger partial charge in [0.15, 0.2) is 0 Å². The maximum atomic E-state index is 11.8. The summed E-state index contributed by atoms with van der Waals surface area (Å²) in [5.41, 5.74) is 6.20. The lowest BCUT2D eigenvalue weighted by Crippen LogP contribution is -2.39. The number of amides is 1. The zero-order chi connectivity index (χ0) is 14.6.